The SMILES string of the molecule is C=CC(=O)N1CCN(c2cc(C(=O)NC3(CN)CC3)nc3c2CCN(c2cccc4cccc(C)c24)C3)CC1. The number of carbonyl (C=O) groups excluding carboxylic acids is 2. The zero-order valence-electron chi connectivity index (χ0n) is 22.6. The van der Waals surface area contributed by atoms with Gasteiger partial charge in [-0.3, -0.25) is 9.59 Å². The number of aryl methyl sites for hydroxylation is 1. The van der Waals surface area contributed by atoms with Crippen LogP contribution in [-0.4, -0.2) is 66.5 Å². The number of benzene rings is 2. The summed E-state index contributed by atoms with van der Waals surface area (Å²) < 4.78 is 0. The van der Waals surface area contributed by atoms with E-state index in [0.29, 0.717) is 45.0 Å². The fraction of sp³-hybridized carbons (Fsp3) is 0.387. The molecular weight excluding hydrogens is 488 g/mol. The molecule has 1 aromatic heterocycles. The van der Waals surface area contributed by atoms with Gasteiger partial charge in [-0.05, 0) is 55.3 Å². The zero-order valence-corrected chi connectivity index (χ0v) is 22.6. The largest absolute Gasteiger partial charge is 0.368 e. The van der Waals surface area contributed by atoms with Crippen LogP contribution in [0.15, 0.2) is 55.1 Å². The van der Waals surface area contributed by atoms with E-state index in [9.17, 15) is 9.59 Å². The Morgan fingerprint density at radius 3 is 2.49 bits per heavy atom. The molecule has 8 nitrogen and oxygen atoms in total. The van der Waals surface area contributed by atoms with Gasteiger partial charge in [0, 0.05) is 61.6 Å². The number of hydrogen-bond acceptors (Lipinski definition) is 6. The van der Waals surface area contributed by atoms with Crippen LogP contribution in [0.3, 0.4) is 0 Å². The summed E-state index contributed by atoms with van der Waals surface area (Å²) in [4.78, 5) is 37.0. The van der Waals surface area contributed by atoms with E-state index in [-0.39, 0.29) is 17.4 Å². The Labute approximate surface area is 229 Å². The summed E-state index contributed by atoms with van der Waals surface area (Å²) in [5.41, 5.74) is 11.7. The Balaban J connectivity index is 1.35. The predicted octanol–water partition coefficient (Wildman–Crippen LogP) is 3.16. The van der Waals surface area contributed by atoms with Gasteiger partial charge in [-0.2, -0.15) is 0 Å². The minimum Gasteiger partial charge on any atom is -0.368 e. The molecule has 3 heterocycles. The molecule has 0 bridgehead atoms. The maximum atomic E-state index is 13.4. The van der Waals surface area contributed by atoms with Crippen LogP contribution in [0.25, 0.3) is 10.8 Å². The summed E-state index contributed by atoms with van der Waals surface area (Å²) in [6.07, 6.45) is 4.02. The number of piperazine rings is 1. The van der Waals surface area contributed by atoms with Crippen molar-refractivity contribution in [3.8, 4) is 0 Å². The first-order chi connectivity index (χ1) is 18.9. The Bertz CT molecular complexity index is 1450. The molecule has 0 radical (unpaired) electrons. The summed E-state index contributed by atoms with van der Waals surface area (Å²) in [7, 11) is 0. The number of nitrogens with one attached hydrogen (secondary N) is 1. The maximum Gasteiger partial charge on any atom is 0.270 e. The van der Waals surface area contributed by atoms with E-state index in [1.54, 1.807) is 0 Å². The second kappa shape index (κ2) is 10.0. The van der Waals surface area contributed by atoms with Gasteiger partial charge in [0.1, 0.15) is 5.69 Å². The van der Waals surface area contributed by atoms with Crippen LogP contribution >= 0.6 is 0 Å². The normalized spacial score (nSPS) is 18.1. The van der Waals surface area contributed by atoms with Crippen LogP contribution in [0.1, 0.15) is 40.2 Å². The molecule has 3 aliphatic rings. The van der Waals surface area contributed by atoms with Crippen molar-refractivity contribution in [2.24, 2.45) is 5.73 Å². The molecular formula is C31H36N6O2. The number of fused-ring (bicyclic) bond motifs is 2. The third-order valence-electron chi connectivity index (χ3n) is 8.55. The van der Waals surface area contributed by atoms with Crippen molar-refractivity contribution < 1.29 is 9.59 Å². The summed E-state index contributed by atoms with van der Waals surface area (Å²) >= 11 is 0. The van der Waals surface area contributed by atoms with Gasteiger partial charge in [0.05, 0.1) is 17.8 Å². The lowest BCUT2D eigenvalue weighted by Gasteiger charge is -2.39. The lowest BCUT2D eigenvalue weighted by Crippen LogP contribution is -2.49. The number of pyridine rings is 1. The molecule has 202 valence electrons. The molecule has 1 saturated heterocycles. The Kier molecular flexibility index (Phi) is 6.51. The summed E-state index contributed by atoms with van der Waals surface area (Å²) in [5, 5.41) is 5.64. The highest BCUT2D eigenvalue weighted by Gasteiger charge is 2.43. The fourth-order valence-electron chi connectivity index (χ4n) is 6.03. The summed E-state index contributed by atoms with van der Waals surface area (Å²) in [5.74, 6) is -0.204. The smallest absolute Gasteiger partial charge is 0.270 e. The quantitative estimate of drug-likeness (QED) is 0.481. The highest BCUT2D eigenvalue weighted by molar-refractivity contribution is 5.97. The molecule has 2 aromatic carbocycles. The third-order valence-corrected chi connectivity index (χ3v) is 8.55. The molecule has 0 spiro atoms. The van der Waals surface area contributed by atoms with E-state index in [0.717, 1.165) is 37.2 Å². The first-order valence-corrected chi connectivity index (χ1v) is 13.9. The number of hydrogen-bond donors (Lipinski definition) is 2. The van der Waals surface area contributed by atoms with Crippen LogP contribution in [0, 0.1) is 6.92 Å². The van der Waals surface area contributed by atoms with Gasteiger partial charge in [-0.15, -0.1) is 0 Å². The van der Waals surface area contributed by atoms with E-state index in [1.807, 2.05) is 11.0 Å². The van der Waals surface area contributed by atoms with E-state index >= 15 is 0 Å². The molecule has 2 aliphatic heterocycles. The average Bonchev–Trinajstić information content (AvgIpc) is 3.75. The van der Waals surface area contributed by atoms with Gasteiger partial charge in [-0.1, -0.05) is 36.9 Å². The van der Waals surface area contributed by atoms with Crippen LogP contribution < -0.4 is 20.9 Å². The molecule has 2 amide bonds. The standard InChI is InChI=1S/C31H36N6O2/c1-3-28(38)36-16-14-35(15-17-36)27-18-24(30(39)34-31(20-32)11-12-31)33-25-19-37(13-10-23(25)27)26-9-5-8-22-7-4-6-21(2)29(22)26/h3-9,18H,1,10-17,19-20,32H2,2H3,(H,34,39). The van der Waals surface area contributed by atoms with Gasteiger partial charge < -0.3 is 25.8 Å². The third kappa shape index (κ3) is 4.74. The van der Waals surface area contributed by atoms with Gasteiger partial charge in [0.15, 0.2) is 0 Å². The molecule has 0 unspecified atom stereocenters. The molecule has 1 aliphatic carbocycles. The van der Waals surface area contributed by atoms with Crippen LogP contribution in [0.4, 0.5) is 11.4 Å². The predicted molar refractivity (Wildman–Crippen MR) is 155 cm³/mol. The van der Waals surface area contributed by atoms with Crippen molar-refractivity contribution >= 4 is 34.0 Å². The Morgan fingerprint density at radius 2 is 1.79 bits per heavy atom. The number of amides is 2. The maximum absolute atomic E-state index is 13.4. The van der Waals surface area contributed by atoms with Crippen molar-refractivity contribution in [1.82, 2.24) is 15.2 Å². The minimum absolute atomic E-state index is 0.0380. The topological polar surface area (TPSA) is 94.8 Å². The molecule has 6 rings (SSSR count). The van der Waals surface area contributed by atoms with Crippen molar-refractivity contribution in [2.75, 3.05) is 49.1 Å². The molecule has 39 heavy (non-hydrogen) atoms. The first-order valence-electron chi connectivity index (χ1n) is 13.9. The molecule has 8 heteroatoms. The molecule has 3 N–H and O–H groups in total. The van der Waals surface area contributed by atoms with Gasteiger partial charge in [-0.25, -0.2) is 4.98 Å². The van der Waals surface area contributed by atoms with Crippen molar-refractivity contribution in [3.05, 3.63) is 77.6 Å². The van der Waals surface area contributed by atoms with Gasteiger partial charge in [0.2, 0.25) is 5.91 Å². The van der Waals surface area contributed by atoms with Crippen LogP contribution in [0.2, 0.25) is 0 Å². The fourth-order valence-corrected chi connectivity index (χ4v) is 6.03. The lowest BCUT2D eigenvalue weighted by molar-refractivity contribution is -0.126. The Hall–Kier alpha value is -3.91. The van der Waals surface area contributed by atoms with Crippen molar-refractivity contribution in [1.29, 1.82) is 0 Å². The number of anilines is 2. The molecule has 1 saturated carbocycles. The van der Waals surface area contributed by atoms with Crippen LogP contribution in [-0.2, 0) is 17.8 Å². The zero-order chi connectivity index (χ0) is 27.1. The molecule has 2 fully saturated rings. The van der Waals surface area contributed by atoms with E-state index in [4.69, 9.17) is 10.7 Å². The van der Waals surface area contributed by atoms with Crippen molar-refractivity contribution in [2.45, 2.75) is 38.3 Å². The van der Waals surface area contributed by atoms with Crippen molar-refractivity contribution in [3.63, 3.8) is 0 Å². The number of rotatable bonds is 6. The Morgan fingerprint density at radius 1 is 1.05 bits per heavy atom. The highest BCUT2D eigenvalue weighted by atomic mass is 16.2. The number of carbonyl (C=O) groups is 2. The van der Waals surface area contributed by atoms with Gasteiger partial charge in [0.25, 0.3) is 5.91 Å². The second-order valence-electron chi connectivity index (χ2n) is 11.0. The van der Waals surface area contributed by atoms with Gasteiger partial charge >= 0.3 is 0 Å². The molecule has 0 atom stereocenters. The molecule has 3 aromatic rings. The van der Waals surface area contributed by atoms with E-state index < -0.39 is 0 Å². The number of nitrogens with two attached hydrogens (primary N) is 1. The van der Waals surface area contributed by atoms with E-state index in [1.165, 1.54) is 33.7 Å². The first kappa shape index (κ1) is 25.4. The highest BCUT2D eigenvalue weighted by Crippen LogP contribution is 2.37. The van der Waals surface area contributed by atoms with E-state index in [2.05, 4.69) is 65.0 Å². The average molecular weight is 525 g/mol. The number of nitrogens with zero attached hydrogens (tertiary/aromatic N) is 4. The summed E-state index contributed by atoms with van der Waals surface area (Å²) in [6, 6.07) is 14.8. The lowest BCUT2D eigenvalue weighted by atomic mass is 9.97. The number of aromatic nitrogens is 1. The monoisotopic (exact) mass is 524 g/mol. The summed E-state index contributed by atoms with van der Waals surface area (Å²) in [6.45, 7) is 10.4. The minimum atomic E-state index is -0.294. The second-order valence-corrected chi connectivity index (χ2v) is 11.0. The van der Waals surface area contributed by atoms with Crippen LogP contribution in [0.5, 0.6) is 0 Å².